The molecule has 4 aromatic rings. The fourth-order valence-corrected chi connectivity index (χ4v) is 3.40. The lowest BCUT2D eigenvalue weighted by molar-refractivity contribution is 0.0992. The number of aromatic nitrogens is 2. The van der Waals surface area contributed by atoms with Crippen LogP contribution in [0.4, 0.5) is 5.82 Å². The van der Waals surface area contributed by atoms with Crippen LogP contribution in [0.15, 0.2) is 71.1 Å². The van der Waals surface area contributed by atoms with Crippen LogP contribution in [0.2, 0.25) is 10.0 Å². The van der Waals surface area contributed by atoms with E-state index in [9.17, 15) is 4.79 Å². The van der Waals surface area contributed by atoms with Gasteiger partial charge >= 0.3 is 0 Å². The number of rotatable bonds is 7. The van der Waals surface area contributed by atoms with E-state index in [2.05, 4.69) is 10.4 Å². The first kappa shape index (κ1) is 21.0. The zero-order valence-corrected chi connectivity index (χ0v) is 18.2. The Hall–Kier alpha value is -3.22. The third-order valence-corrected chi connectivity index (χ3v) is 4.98. The average Bonchev–Trinajstić information content (AvgIpc) is 3.33. The van der Waals surface area contributed by atoms with Crippen LogP contribution in [0.25, 0.3) is 0 Å². The molecule has 0 unspecified atom stereocenters. The van der Waals surface area contributed by atoms with E-state index in [4.69, 9.17) is 32.4 Å². The van der Waals surface area contributed by atoms with Crippen LogP contribution in [0, 0.1) is 6.92 Å². The van der Waals surface area contributed by atoms with Crippen LogP contribution in [-0.4, -0.2) is 15.7 Å². The maximum atomic E-state index is 12.5. The second-order valence-corrected chi connectivity index (χ2v) is 7.80. The summed E-state index contributed by atoms with van der Waals surface area (Å²) >= 11 is 12.0. The molecular weight excluding hydrogens is 437 g/mol. The van der Waals surface area contributed by atoms with E-state index in [1.54, 1.807) is 47.1 Å². The number of carbonyl (C=O) groups is 1. The number of ether oxygens (including phenoxy) is 1. The van der Waals surface area contributed by atoms with Crippen molar-refractivity contribution in [2.45, 2.75) is 20.1 Å². The molecule has 2 heterocycles. The Balaban J connectivity index is 1.37. The van der Waals surface area contributed by atoms with Crippen molar-refractivity contribution < 1.29 is 13.9 Å². The number of benzene rings is 2. The molecule has 0 saturated heterocycles. The molecule has 0 aliphatic rings. The maximum absolute atomic E-state index is 12.5. The van der Waals surface area contributed by atoms with Crippen molar-refractivity contribution in [1.82, 2.24) is 9.78 Å². The lowest BCUT2D eigenvalue weighted by Crippen LogP contribution is -2.12. The van der Waals surface area contributed by atoms with Gasteiger partial charge in [-0.05, 0) is 55.0 Å². The quantitative estimate of drug-likeness (QED) is 0.372. The zero-order valence-electron chi connectivity index (χ0n) is 16.6. The van der Waals surface area contributed by atoms with Crippen LogP contribution in [0.5, 0.6) is 5.75 Å². The molecule has 158 valence electrons. The molecule has 1 amide bonds. The van der Waals surface area contributed by atoms with E-state index in [1.165, 1.54) is 0 Å². The standard InChI is InChI=1S/C23H19Cl2N3O3/c1-15-10-22(27-28(15)13-16-4-2-5-17(24)11-16)26-23(29)21-9-8-20(31-21)14-30-19-7-3-6-18(25)12-19/h2-12H,13-14H2,1H3,(H,26,27,29). The van der Waals surface area contributed by atoms with Gasteiger partial charge in [-0.2, -0.15) is 5.10 Å². The van der Waals surface area contributed by atoms with Gasteiger partial charge in [0.2, 0.25) is 0 Å². The molecule has 1 N–H and O–H groups in total. The summed E-state index contributed by atoms with van der Waals surface area (Å²) in [4.78, 5) is 12.5. The number of anilines is 1. The Labute approximate surface area is 189 Å². The molecule has 8 heteroatoms. The van der Waals surface area contributed by atoms with Crippen LogP contribution >= 0.6 is 23.2 Å². The minimum absolute atomic E-state index is 0.173. The van der Waals surface area contributed by atoms with Crippen molar-refractivity contribution in [2.24, 2.45) is 0 Å². The minimum atomic E-state index is -0.388. The Morgan fingerprint density at radius 1 is 1.06 bits per heavy atom. The number of aryl methyl sites for hydroxylation is 1. The van der Waals surface area contributed by atoms with Gasteiger partial charge in [0.15, 0.2) is 11.6 Å². The number of hydrogen-bond donors (Lipinski definition) is 1. The summed E-state index contributed by atoms with van der Waals surface area (Å²) in [5.41, 5.74) is 1.93. The Bertz CT molecular complexity index is 1220. The Morgan fingerprint density at radius 2 is 1.84 bits per heavy atom. The highest BCUT2D eigenvalue weighted by molar-refractivity contribution is 6.30. The smallest absolute Gasteiger partial charge is 0.292 e. The van der Waals surface area contributed by atoms with E-state index in [0.29, 0.717) is 33.9 Å². The number of nitrogens with zero attached hydrogens (tertiary/aromatic N) is 2. The highest BCUT2D eigenvalue weighted by Crippen LogP contribution is 2.20. The normalized spacial score (nSPS) is 10.8. The number of carbonyl (C=O) groups excluding carboxylic acids is 1. The Kier molecular flexibility index (Phi) is 6.30. The SMILES string of the molecule is Cc1cc(NC(=O)c2ccc(COc3cccc(Cl)c3)o2)nn1Cc1cccc(Cl)c1. The van der Waals surface area contributed by atoms with Gasteiger partial charge in [-0.25, -0.2) is 0 Å². The summed E-state index contributed by atoms with van der Waals surface area (Å²) in [6.07, 6.45) is 0. The summed E-state index contributed by atoms with van der Waals surface area (Å²) < 4.78 is 13.0. The van der Waals surface area contributed by atoms with Gasteiger partial charge in [-0.3, -0.25) is 9.48 Å². The second-order valence-electron chi connectivity index (χ2n) is 6.92. The maximum Gasteiger partial charge on any atom is 0.292 e. The molecule has 0 spiro atoms. The first-order chi connectivity index (χ1) is 15.0. The third-order valence-electron chi connectivity index (χ3n) is 4.51. The highest BCUT2D eigenvalue weighted by Gasteiger charge is 2.14. The summed E-state index contributed by atoms with van der Waals surface area (Å²) in [5, 5.41) is 8.47. The molecule has 0 saturated carbocycles. The molecule has 0 atom stereocenters. The summed E-state index contributed by atoms with van der Waals surface area (Å²) in [6.45, 7) is 2.65. The van der Waals surface area contributed by atoms with Crippen LogP contribution in [0.3, 0.4) is 0 Å². The number of furan rings is 1. The third kappa shape index (κ3) is 5.48. The van der Waals surface area contributed by atoms with Gasteiger partial charge in [-0.1, -0.05) is 41.4 Å². The van der Waals surface area contributed by atoms with E-state index in [1.807, 2.05) is 31.2 Å². The molecule has 0 fully saturated rings. The van der Waals surface area contributed by atoms with Gasteiger partial charge in [0.1, 0.15) is 18.1 Å². The van der Waals surface area contributed by atoms with E-state index in [0.717, 1.165) is 11.3 Å². The molecular formula is C23H19Cl2N3O3. The van der Waals surface area contributed by atoms with Gasteiger partial charge in [-0.15, -0.1) is 0 Å². The van der Waals surface area contributed by atoms with Crippen LogP contribution in [-0.2, 0) is 13.2 Å². The van der Waals surface area contributed by atoms with Gasteiger partial charge in [0, 0.05) is 21.8 Å². The first-order valence-electron chi connectivity index (χ1n) is 9.53. The van der Waals surface area contributed by atoms with Crippen molar-refractivity contribution in [3.05, 3.63) is 99.6 Å². The van der Waals surface area contributed by atoms with E-state index >= 15 is 0 Å². The lowest BCUT2D eigenvalue weighted by atomic mass is 10.2. The van der Waals surface area contributed by atoms with Gasteiger partial charge in [0.25, 0.3) is 5.91 Å². The topological polar surface area (TPSA) is 69.3 Å². The minimum Gasteiger partial charge on any atom is -0.486 e. The molecule has 0 radical (unpaired) electrons. The van der Waals surface area contributed by atoms with Gasteiger partial charge in [0.05, 0.1) is 6.54 Å². The van der Waals surface area contributed by atoms with Crippen molar-refractivity contribution >= 4 is 34.9 Å². The summed E-state index contributed by atoms with van der Waals surface area (Å²) in [6, 6.07) is 19.7. The zero-order chi connectivity index (χ0) is 21.8. The fourth-order valence-electron chi connectivity index (χ4n) is 3.01. The molecule has 6 nitrogen and oxygen atoms in total. The monoisotopic (exact) mass is 455 g/mol. The molecule has 0 bridgehead atoms. The first-order valence-corrected chi connectivity index (χ1v) is 10.3. The van der Waals surface area contributed by atoms with Crippen molar-refractivity contribution in [1.29, 1.82) is 0 Å². The number of nitrogens with one attached hydrogen (secondary N) is 1. The van der Waals surface area contributed by atoms with E-state index in [-0.39, 0.29) is 18.3 Å². The average molecular weight is 456 g/mol. The number of amides is 1. The lowest BCUT2D eigenvalue weighted by Gasteiger charge is -2.05. The highest BCUT2D eigenvalue weighted by atomic mass is 35.5. The number of halogens is 2. The molecule has 31 heavy (non-hydrogen) atoms. The second kappa shape index (κ2) is 9.29. The van der Waals surface area contributed by atoms with Crippen LogP contribution in [0.1, 0.15) is 27.6 Å². The largest absolute Gasteiger partial charge is 0.486 e. The van der Waals surface area contributed by atoms with Crippen molar-refractivity contribution in [2.75, 3.05) is 5.32 Å². The Morgan fingerprint density at radius 3 is 2.61 bits per heavy atom. The van der Waals surface area contributed by atoms with Gasteiger partial charge < -0.3 is 14.5 Å². The summed E-state index contributed by atoms with van der Waals surface area (Å²) in [7, 11) is 0. The van der Waals surface area contributed by atoms with Crippen molar-refractivity contribution in [3.63, 3.8) is 0 Å². The fraction of sp³-hybridized carbons (Fsp3) is 0.130. The molecule has 4 rings (SSSR count). The summed E-state index contributed by atoms with van der Waals surface area (Å²) in [5.74, 6) is 1.37. The predicted octanol–water partition coefficient (Wildman–Crippen LogP) is 5.97. The predicted molar refractivity (Wildman–Crippen MR) is 120 cm³/mol. The molecule has 2 aromatic heterocycles. The van der Waals surface area contributed by atoms with Crippen molar-refractivity contribution in [3.8, 4) is 5.75 Å². The number of hydrogen-bond acceptors (Lipinski definition) is 4. The molecule has 0 aliphatic carbocycles. The molecule has 2 aromatic carbocycles. The molecule has 0 aliphatic heterocycles. The van der Waals surface area contributed by atoms with E-state index < -0.39 is 0 Å². The van der Waals surface area contributed by atoms with Crippen LogP contribution < -0.4 is 10.1 Å².